The van der Waals surface area contributed by atoms with E-state index in [4.69, 9.17) is 14.4 Å². The van der Waals surface area contributed by atoms with Gasteiger partial charge in [-0.25, -0.2) is 9.59 Å². The van der Waals surface area contributed by atoms with E-state index in [1.165, 1.54) is 31.4 Å². The summed E-state index contributed by atoms with van der Waals surface area (Å²) >= 11 is 0. The van der Waals surface area contributed by atoms with Gasteiger partial charge in [-0.1, -0.05) is 35.5 Å². The van der Waals surface area contributed by atoms with E-state index < -0.39 is 24.6 Å². The summed E-state index contributed by atoms with van der Waals surface area (Å²) in [6.07, 6.45) is 2.44. The fraction of sp³-hybridized carbons (Fsp3) is 0.136. The maximum absolute atomic E-state index is 11.9. The highest BCUT2D eigenvalue weighted by molar-refractivity contribution is 5.95. The number of hydrogen-bond acceptors (Lipinski definition) is 8. The number of carbonyl (C=O) groups excluding carboxylic acids is 1. The lowest BCUT2D eigenvalue weighted by molar-refractivity contribution is 0.0586. The number of aliphatic hydroxyl groups is 1. The van der Waals surface area contributed by atoms with Crippen molar-refractivity contribution in [2.24, 2.45) is 0 Å². The lowest BCUT2D eigenvalue weighted by atomic mass is 10.1. The van der Waals surface area contributed by atoms with Crippen LogP contribution in [0.4, 0.5) is 0 Å². The molecular formula is C22H19NO8. The van der Waals surface area contributed by atoms with Crippen LogP contribution >= 0.6 is 0 Å². The number of carboxylic acids is 1. The quantitative estimate of drug-likeness (QED) is 0.465. The third-order valence-corrected chi connectivity index (χ3v) is 4.26. The first-order chi connectivity index (χ1) is 14.9. The van der Waals surface area contributed by atoms with Crippen molar-refractivity contribution in [3.63, 3.8) is 0 Å². The average Bonchev–Trinajstić information content (AvgIpc) is 3.27. The number of nitrogens with zero attached hydrogens (tertiary/aromatic N) is 1. The number of rotatable bonds is 8. The highest BCUT2D eigenvalue weighted by Crippen LogP contribution is 2.29. The van der Waals surface area contributed by atoms with Crippen LogP contribution in [0, 0.1) is 0 Å². The second-order valence-electron chi connectivity index (χ2n) is 6.35. The van der Waals surface area contributed by atoms with Gasteiger partial charge < -0.3 is 29.3 Å². The molecule has 0 aliphatic carbocycles. The van der Waals surface area contributed by atoms with E-state index in [1.54, 1.807) is 36.4 Å². The van der Waals surface area contributed by atoms with Crippen LogP contribution in [0.1, 0.15) is 26.4 Å². The molecule has 0 radical (unpaired) electrons. The molecule has 0 aliphatic rings. The first-order valence-electron chi connectivity index (χ1n) is 9.09. The highest BCUT2D eigenvalue weighted by atomic mass is 16.5. The summed E-state index contributed by atoms with van der Waals surface area (Å²) in [6.45, 7) is -0.392. The lowest BCUT2D eigenvalue weighted by Crippen LogP contribution is -2.20. The molecule has 0 amide bonds. The van der Waals surface area contributed by atoms with E-state index in [9.17, 15) is 19.8 Å². The van der Waals surface area contributed by atoms with Crippen LogP contribution in [0.2, 0.25) is 0 Å². The van der Waals surface area contributed by atoms with E-state index in [0.29, 0.717) is 11.3 Å². The molecule has 0 aliphatic heterocycles. The van der Waals surface area contributed by atoms with E-state index in [1.807, 2.05) is 0 Å². The zero-order valence-electron chi connectivity index (χ0n) is 16.4. The molecule has 9 heteroatoms. The number of aromatic nitrogens is 1. The van der Waals surface area contributed by atoms with Crippen LogP contribution < -0.4 is 4.74 Å². The van der Waals surface area contributed by atoms with E-state index in [0.717, 1.165) is 5.56 Å². The molecule has 160 valence electrons. The summed E-state index contributed by atoms with van der Waals surface area (Å²) in [5.41, 5.74) is 0.997. The summed E-state index contributed by atoms with van der Waals surface area (Å²) in [5, 5.41) is 32.1. The zero-order valence-corrected chi connectivity index (χ0v) is 16.4. The van der Waals surface area contributed by atoms with Gasteiger partial charge in [0.1, 0.15) is 23.2 Å². The molecule has 0 saturated heterocycles. The number of aromatic carboxylic acids is 1. The Labute approximate surface area is 176 Å². The minimum atomic E-state index is -1.19. The molecule has 3 aromatic rings. The van der Waals surface area contributed by atoms with Crippen LogP contribution in [-0.2, 0) is 4.74 Å². The molecule has 0 spiro atoms. The van der Waals surface area contributed by atoms with E-state index in [-0.39, 0.29) is 22.8 Å². The van der Waals surface area contributed by atoms with Gasteiger partial charge in [0.25, 0.3) is 0 Å². The van der Waals surface area contributed by atoms with Crippen LogP contribution in [0.15, 0.2) is 59.1 Å². The Morgan fingerprint density at radius 1 is 1.19 bits per heavy atom. The summed E-state index contributed by atoms with van der Waals surface area (Å²) < 4.78 is 15.4. The Kier molecular flexibility index (Phi) is 6.68. The number of carboxylic acid groups (broad SMARTS) is 1. The molecule has 1 aromatic heterocycles. The summed E-state index contributed by atoms with van der Waals surface area (Å²) in [4.78, 5) is 22.9. The SMILES string of the molecule is COC(=O)c1c(O)cccc1OC(/C=C/c1cccc(-c2cc(C(=O)O)no2)c1)CO. The Balaban J connectivity index is 1.80. The molecule has 0 fully saturated rings. The van der Waals surface area contributed by atoms with Crippen molar-refractivity contribution in [2.45, 2.75) is 6.10 Å². The number of ether oxygens (including phenoxy) is 2. The Bertz CT molecular complexity index is 1120. The fourth-order valence-corrected chi connectivity index (χ4v) is 2.75. The van der Waals surface area contributed by atoms with Gasteiger partial charge in [0.05, 0.1) is 13.7 Å². The second kappa shape index (κ2) is 9.59. The molecule has 0 saturated carbocycles. The third-order valence-electron chi connectivity index (χ3n) is 4.26. The first kappa shape index (κ1) is 21.6. The Morgan fingerprint density at radius 3 is 2.65 bits per heavy atom. The standard InChI is InChI=1S/C22H19NO8/c1-29-22(28)20-17(25)6-3-7-18(20)30-15(12-24)9-8-13-4-2-5-14(10-13)19-11-16(21(26)27)23-31-19/h2-11,15,24-25H,12H2,1H3,(H,26,27)/b9-8+. The number of aliphatic hydroxyl groups excluding tert-OH is 1. The summed E-state index contributed by atoms with van der Waals surface area (Å²) in [5.74, 6) is -1.90. The molecule has 31 heavy (non-hydrogen) atoms. The number of esters is 1. The molecule has 1 unspecified atom stereocenters. The van der Waals surface area contributed by atoms with Gasteiger partial charge in [-0.2, -0.15) is 0 Å². The van der Waals surface area contributed by atoms with Crippen molar-refractivity contribution in [1.29, 1.82) is 0 Å². The van der Waals surface area contributed by atoms with Crippen molar-refractivity contribution < 1.29 is 38.9 Å². The van der Waals surface area contributed by atoms with Crippen molar-refractivity contribution in [3.05, 3.63) is 71.4 Å². The van der Waals surface area contributed by atoms with E-state index in [2.05, 4.69) is 9.89 Å². The molecule has 9 nitrogen and oxygen atoms in total. The first-order valence-corrected chi connectivity index (χ1v) is 9.09. The van der Waals surface area contributed by atoms with Crippen molar-refractivity contribution in [1.82, 2.24) is 5.16 Å². The highest BCUT2D eigenvalue weighted by Gasteiger charge is 2.20. The second-order valence-corrected chi connectivity index (χ2v) is 6.35. The van der Waals surface area contributed by atoms with Crippen molar-refractivity contribution in [2.75, 3.05) is 13.7 Å². The normalized spacial score (nSPS) is 11.9. The van der Waals surface area contributed by atoms with Gasteiger partial charge in [0.2, 0.25) is 0 Å². The summed E-state index contributed by atoms with van der Waals surface area (Å²) in [7, 11) is 1.18. The monoisotopic (exact) mass is 425 g/mol. The number of phenolic OH excluding ortho intramolecular Hbond substituents is 1. The minimum Gasteiger partial charge on any atom is -0.507 e. The molecule has 1 atom stereocenters. The Morgan fingerprint density at radius 2 is 1.97 bits per heavy atom. The predicted octanol–water partition coefficient (Wildman–Crippen LogP) is 2.99. The molecule has 3 N–H and O–H groups in total. The largest absolute Gasteiger partial charge is 0.507 e. The van der Waals surface area contributed by atoms with Gasteiger partial charge in [0.15, 0.2) is 11.5 Å². The molecular weight excluding hydrogens is 406 g/mol. The van der Waals surface area contributed by atoms with Gasteiger partial charge in [-0.3, -0.25) is 0 Å². The maximum Gasteiger partial charge on any atom is 0.358 e. The maximum atomic E-state index is 11.9. The topological polar surface area (TPSA) is 139 Å². The van der Waals surface area contributed by atoms with Gasteiger partial charge >= 0.3 is 11.9 Å². The third kappa shape index (κ3) is 5.09. The number of hydrogen-bond donors (Lipinski definition) is 3. The summed E-state index contributed by atoms with van der Waals surface area (Å²) in [6, 6.07) is 12.6. The van der Waals surface area contributed by atoms with Crippen molar-refractivity contribution in [3.8, 4) is 22.8 Å². The van der Waals surface area contributed by atoms with Crippen LogP contribution in [0.3, 0.4) is 0 Å². The van der Waals surface area contributed by atoms with Gasteiger partial charge in [-0.15, -0.1) is 0 Å². The minimum absolute atomic E-state index is 0.0622. The number of methoxy groups -OCH3 is 1. The zero-order chi connectivity index (χ0) is 22.4. The fourth-order valence-electron chi connectivity index (χ4n) is 2.75. The number of aromatic hydroxyl groups is 1. The van der Waals surface area contributed by atoms with Crippen LogP contribution in [0.25, 0.3) is 17.4 Å². The van der Waals surface area contributed by atoms with E-state index >= 15 is 0 Å². The molecule has 0 bridgehead atoms. The van der Waals surface area contributed by atoms with Gasteiger partial charge in [0, 0.05) is 11.6 Å². The average molecular weight is 425 g/mol. The van der Waals surface area contributed by atoms with Crippen molar-refractivity contribution >= 4 is 18.0 Å². The predicted molar refractivity (Wildman–Crippen MR) is 109 cm³/mol. The van der Waals surface area contributed by atoms with Gasteiger partial charge in [-0.05, 0) is 29.8 Å². The smallest absolute Gasteiger partial charge is 0.358 e. The molecule has 3 rings (SSSR count). The van der Waals surface area contributed by atoms with Crippen LogP contribution in [-0.4, -0.2) is 52.2 Å². The molecule has 2 aromatic carbocycles. The number of benzene rings is 2. The number of carbonyl (C=O) groups is 2. The Hall–Kier alpha value is -4.11. The lowest BCUT2D eigenvalue weighted by Gasteiger charge is -2.16. The van der Waals surface area contributed by atoms with Crippen LogP contribution in [0.5, 0.6) is 11.5 Å². The number of phenols is 1. The molecule has 1 heterocycles.